The van der Waals surface area contributed by atoms with Gasteiger partial charge in [-0.3, -0.25) is 0 Å². The van der Waals surface area contributed by atoms with Crippen molar-refractivity contribution < 1.29 is 4.74 Å². The van der Waals surface area contributed by atoms with Gasteiger partial charge in [-0.1, -0.05) is 0 Å². The van der Waals surface area contributed by atoms with E-state index in [0.29, 0.717) is 6.04 Å². The molecule has 0 radical (unpaired) electrons. The van der Waals surface area contributed by atoms with E-state index in [1.54, 1.807) is 0 Å². The molecular weight excluding hydrogens is 164 g/mol. The zero-order valence-electron chi connectivity index (χ0n) is 8.16. The van der Waals surface area contributed by atoms with Crippen LogP contribution < -0.4 is 5.32 Å². The van der Waals surface area contributed by atoms with Crippen molar-refractivity contribution in [3.63, 3.8) is 0 Å². The Balaban J connectivity index is 2.14. The van der Waals surface area contributed by atoms with Gasteiger partial charge in [-0.2, -0.15) is 0 Å². The first-order chi connectivity index (χ1) is 6.27. The van der Waals surface area contributed by atoms with Crippen LogP contribution in [0.2, 0.25) is 0 Å². The molecule has 1 fully saturated rings. The minimum atomic E-state index is 0.218. The first-order valence-corrected chi connectivity index (χ1v) is 4.74. The van der Waals surface area contributed by atoms with E-state index in [0.717, 1.165) is 13.2 Å². The van der Waals surface area contributed by atoms with Crippen LogP contribution in [0.4, 0.5) is 0 Å². The molecule has 2 heterocycles. The topological polar surface area (TPSA) is 26.2 Å². The van der Waals surface area contributed by atoms with Gasteiger partial charge in [0.05, 0.1) is 12.7 Å². The Morgan fingerprint density at radius 1 is 1.62 bits per heavy atom. The Bertz CT molecular complexity index is 282. The highest BCUT2D eigenvalue weighted by molar-refractivity contribution is 5.15. The minimum absolute atomic E-state index is 0.218. The summed E-state index contributed by atoms with van der Waals surface area (Å²) in [6.07, 6.45) is 4.39. The van der Waals surface area contributed by atoms with Crippen LogP contribution in [0.3, 0.4) is 0 Å². The van der Waals surface area contributed by atoms with Crippen molar-refractivity contribution in [3.8, 4) is 0 Å². The Kier molecular flexibility index (Phi) is 2.38. The molecule has 0 aliphatic carbocycles. The highest BCUT2D eigenvalue weighted by Crippen LogP contribution is 2.23. The van der Waals surface area contributed by atoms with Gasteiger partial charge in [-0.05, 0) is 18.6 Å². The van der Waals surface area contributed by atoms with Crippen molar-refractivity contribution >= 4 is 0 Å². The molecule has 0 bridgehead atoms. The first kappa shape index (κ1) is 8.78. The molecule has 0 spiro atoms. The van der Waals surface area contributed by atoms with E-state index in [1.807, 2.05) is 7.05 Å². The number of hydrogen-bond donors (Lipinski definition) is 1. The molecule has 2 rings (SSSR count). The van der Waals surface area contributed by atoms with Gasteiger partial charge in [0.15, 0.2) is 0 Å². The summed E-state index contributed by atoms with van der Waals surface area (Å²) < 4.78 is 7.77. The normalized spacial score (nSPS) is 29.1. The van der Waals surface area contributed by atoms with E-state index in [1.165, 1.54) is 5.56 Å². The van der Waals surface area contributed by atoms with Crippen molar-refractivity contribution in [1.29, 1.82) is 0 Å². The van der Waals surface area contributed by atoms with Crippen LogP contribution in [0.1, 0.15) is 18.6 Å². The van der Waals surface area contributed by atoms with Crippen LogP contribution >= 0.6 is 0 Å². The molecule has 1 N–H and O–H groups in total. The van der Waals surface area contributed by atoms with Gasteiger partial charge in [0.2, 0.25) is 0 Å². The summed E-state index contributed by atoms with van der Waals surface area (Å²) in [6, 6.07) is 2.53. The van der Waals surface area contributed by atoms with E-state index in [4.69, 9.17) is 4.74 Å². The molecule has 2 unspecified atom stereocenters. The lowest BCUT2D eigenvalue weighted by Gasteiger charge is -2.29. The van der Waals surface area contributed by atoms with Crippen LogP contribution in [0.25, 0.3) is 0 Å². The van der Waals surface area contributed by atoms with Gasteiger partial charge < -0.3 is 14.6 Å². The quantitative estimate of drug-likeness (QED) is 0.699. The van der Waals surface area contributed by atoms with Crippen molar-refractivity contribution in [3.05, 3.63) is 24.0 Å². The van der Waals surface area contributed by atoms with Gasteiger partial charge in [-0.15, -0.1) is 0 Å². The number of hydrogen-bond acceptors (Lipinski definition) is 2. The first-order valence-electron chi connectivity index (χ1n) is 4.74. The molecule has 0 saturated carbocycles. The molecule has 13 heavy (non-hydrogen) atoms. The average Bonchev–Trinajstić information content (AvgIpc) is 2.53. The molecule has 1 aliphatic rings. The van der Waals surface area contributed by atoms with E-state index in [-0.39, 0.29) is 6.10 Å². The highest BCUT2D eigenvalue weighted by atomic mass is 16.5. The summed E-state index contributed by atoms with van der Waals surface area (Å²) in [6.45, 7) is 3.94. The van der Waals surface area contributed by atoms with E-state index < -0.39 is 0 Å². The number of nitrogens with zero attached hydrogens (tertiary/aromatic N) is 1. The fraction of sp³-hybridized carbons (Fsp3) is 0.600. The lowest BCUT2D eigenvalue weighted by Crippen LogP contribution is -2.41. The van der Waals surface area contributed by atoms with Gasteiger partial charge in [0.1, 0.15) is 0 Å². The standard InChI is InChI=1S/C10H16N2O/c1-8-10(13-6-4-11-8)9-3-5-12(2)7-9/h3,5,7-8,10-11H,4,6H2,1-2H3. The maximum atomic E-state index is 5.71. The molecule has 0 amide bonds. The van der Waals surface area contributed by atoms with Crippen LogP contribution in [0.15, 0.2) is 18.5 Å². The molecule has 0 aromatic carbocycles. The third-order valence-corrected chi connectivity index (χ3v) is 2.50. The molecule has 3 heteroatoms. The maximum absolute atomic E-state index is 5.71. The van der Waals surface area contributed by atoms with Gasteiger partial charge in [-0.25, -0.2) is 0 Å². The number of aromatic nitrogens is 1. The van der Waals surface area contributed by atoms with E-state index in [9.17, 15) is 0 Å². The molecule has 72 valence electrons. The Morgan fingerprint density at radius 3 is 3.08 bits per heavy atom. The zero-order chi connectivity index (χ0) is 9.26. The largest absolute Gasteiger partial charge is 0.371 e. The lowest BCUT2D eigenvalue weighted by molar-refractivity contribution is -0.000213. The van der Waals surface area contributed by atoms with Crippen molar-refractivity contribution in [2.75, 3.05) is 13.2 Å². The summed E-state index contributed by atoms with van der Waals surface area (Å²) in [5.41, 5.74) is 1.27. The van der Waals surface area contributed by atoms with Crippen molar-refractivity contribution in [2.24, 2.45) is 7.05 Å². The van der Waals surface area contributed by atoms with Crippen molar-refractivity contribution in [1.82, 2.24) is 9.88 Å². The van der Waals surface area contributed by atoms with E-state index >= 15 is 0 Å². The SMILES string of the molecule is CC1NCCOC1c1ccn(C)c1. The highest BCUT2D eigenvalue weighted by Gasteiger charge is 2.23. The number of ether oxygens (including phenoxy) is 1. The maximum Gasteiger partial charge on any atom is 0.0990 e. The zero-order valence-corrected chi connectivity index (χ0v) is 8.16. The third kappa shape index (κ3) is 1.76. The predicted molar refractivity (Wildman–Crippen MR) is 51.6 cm³/mol. The summed E-state index contributed by atoms with van der Waals surface area (Å²) >= 11 is 0. The Labute approximate surface area is 78.7 Å². The van der Waals surface area contributed by atoms with Crippen LogP contribution in [-0.2, 0) is 11.8 Å². The second kappa shape index (κ2) is 3.52. The van der Waals surface area contributed by atoms with Gasteiger partial charge in [0, 0.05) is 32.0 Å². The summed E-state index contributed by atoms with van der Waals surface area (Å²) in [5.74, 6) is 0. The molecular formula is C10H16N2O. The smallest absolute Gasteiger partial charge is 0.0990 e. The molecule has 1 aliphatic heterocycles. The number of nitrogens with one attached hydrogen (secondary N) is 1. The predicted octanol–water partition coefficient (Wildman–Crippen LogP) is 1.07. The summed E-state index contributed by atoms with van der Waals surface area (Å²) in [7, 11) is 2.03. The van der Waals surface area contributed by atoms with Gasteiger partial charge in [0.25, 0.3) is 0 Å². The minimum Gasteiger partial charge on any atom is -0.371 e. The molecule has 1 saturated heterocycles. The van der Waals surface area contributed by atoms with Gasteiger partial charge >= 0.3 is 0 Å². The second-order valence-corrected chi connectivity index (χ2v) is 3.64. The molecule has 2 atom stereocenters. The Hall–Kier alpha value is -0.800. The van der Waals surface area contributed by atoms with E-state index in [2.05, 4.69) is 35.3 Å². The number of aryl methyl sites for hydroxylation is 1. The fourth-order valence-electron chi connectivity index (χ4n) is 1.80. The average molecular weight is 180 g/mol. The number of rotatable bonds is 1. The van der Waals surface area contributed by atoms with Crippen LogP contribution in [0, 0.1) is 0 Å². The molecule has 1 aromatic rings. The lowest BCUT2D eigenvalue weighted by atomic mass is 10.1. The summed E-state index contributed by atoms with van der Waals surface area (Å²) in [4.78, 5) is 0. The summed E-state index contributed by atoms with van der Waals surface area (Å²) in [5, 5.41) is 3.41. The fourth-order valence-corrected chi connectivity index (χ4v) is 1.80. The Morgan fingerprint density at radius 2 is 2.46 bits per heavy atom. The van der Waals surface area contributed by atoms with Crippen molar-refractivity contribution in [2.45, 2.75) is 19.1 Å². The molecule has 1 aromatic heterocycles. The molecule has 3 nitrogen and oxygen atoms in total. The second-order valence-electron chi connectivity index (χ2n) is 3.64. The van der Waals surface area contributed by atoms with Crippen LogP contribution in [-0.4, -0.2) is 23.8 Å². The third-order valence-electron chi connectivity index (χ3n) is 2.50. The monoisotopic (exact) mass is 180 g/mol. The number of morpholine rings is 1. The van der Waals surface area contributed by atoms with Crippen LogP contribution in [0.5, 0.6) is 0 Å².